The molecule has 0 aromatic carbocycles. The number of rotatable bonds is 4. The number of aromatic nitrogens is 2. The van der Waals surface area contributed by atoms with Crippen LogP contribution in [0.1, 0.15) is 30.0 Å². The van der Waals surface area contributed by atoms with Gasteiger partial charge >= 0.3 is 0 Å². The number of hydrogen-bond donors (Lipinski definition) is 1. The number of likely N-dealkylation sites (tertiary alicyclic amines) is 1. The zero-order chi connectivity index (χ0) is 14.5. The van der Waals surface area contributed by atoms with E-state index in [-0.39, 0.29) is 0 Å². The summed E-state index contributed by atoms with van der Waals surface area (Å²) in [5.74, 6) is 1.55. The number of hydrogen-bond acceptors (Lipinski definition) is 4. The van der Waals surface area contributed by atoms with E-state index in [4.69, 9.17) is 0 Å². The average molecular weight is 282 g/mol. The first-order chi connectivity index (χ1) is 10.3. The zero-order valence-electron chi connectivity index (χ0n) is 12.5. The smallest absolute Gasteiger partial charge is 0.125 e. The lowest BCUT2D eigenvalue weighted by Gasteiger charge is -2.32. The Bertz CT molecular complexity index is 570. The van der Waals surface area contributed by atoms with Crippen LogP contribution >= 0.6 is 0 Å². The van der Waals surface area contributed by atoms with E-state index in [1.165, 1.54) is 18.4 Å². The Labute approximate surface area is 126 Å². The SMILES string of the molecule is CNc1cc(C2CCCN(Cc3ccccn3)C2)ccn1. The van der Waals surface area contributed by atoms with Gasteiger partial charge in [0.1, 0.15) is 5.82 Å². The van der Waals surface area contributed by atoms with Gasteiger partial charge in [-0.3, -0.25) is 9.88 Å². The predicted octanol–water partition coefficient (Wildman–Crippen LogP) is 2.90. The second-order valence-electron chi connectivity index (χ2n) is 5.62. The van der Waals surface area contributed by atoms with E-state index in [1.54, 1.807) is 0 Å². The third-order valence-corrected chi connectivity index (χ3v) is 4.13. The van der Waals surface area contributed by atoms with Gasteiger partial charge in [-0.25, -0.2) is 4.98 Å². The Balaban J connectivity index is 1.67. The Morgan fingerprint density at radius 3 is 3.00 bits per heavy atom. The van der Waals surface area contributed by atoms with Crippen LogP contribution in [0.3, 0.4) is 0 Å². The molecule has 2 aromatic rings. The standard InChI is InChI=1S/C17H22N4/c1-18-17-11-14(7-9-20-17)15-5-4-10-21(12-15)13-16-6-2-3-8-19-16/h2-3,6-9,11,15H,4-5,10,12-13H2,1H3,(H,18,20). The van der Waals surface area contributed by atoms with Crippen molar-refractivity contribution in [1.29, 1.82) is 0 Å². The molecule has 3 heterocycles. The van der Waals surface area contributed by atoms with Gasteiger partial charge in [0.15, 0.2) is 0 Å². The minimum Gasteiger partial charge on any atom is -0.373 e. The maximum absolute atomic E-state index is 4.44. The molecule has 21 heavy (non-hydrogen) atoms. The van der Waals surface area contributed by atoms with Gasteiger partial charge in [0.2, 0.25) is 0 Å². The molecule has 0 amide bonds. The van der Waals surface area contributed by atoms with Crippen LogP contribution in [0.5, 0.6) is 0 Å². The molecule has 4 nitrogen and oxygen atoms in total. The number of pyridine rings is 2. The summed E-state index contributed by atoms with van der Waals surface area (Å²) in [6, 6.07) is 10.5. The topological polar surface area (TPSA) is 41.0 Å². The summed E-state index contributed by atoms with van der Waals surface area (Å²) in [6.45, 7) is 3.21. The molecule has 1 fully saturated rings. The summed E-state index contributed by atoms with van der Waals surface area (Å²) >= 11 is 0. The minimum absolute atomic E-state index is 0.595. The third-order valence-electron chi connectivity index (χ3n) is 4.13. The Hall–Kier alpha value is -1.94. The summed E-state index contributed by atoms with van der Waals surface area (Å²) in [6.07, 6.45) is 6.28. The van der Waals surface area contributed by atoms with Crippen LogP contribution < -0.4 is 5.32 Å². The van der Waals surface area contributed by atoms with Gasteiger partial charge in [0.25, 0.3) is 0 Å². The maximum atomic E-state index is 4.44. The molecule has 0 saturated carbocycles. The lowest BCUT2D eigenvalue weighted by atomic mass is 9.91. The monoisotopic (exact) mass is 282 g/mol. The van der Waals surface area contributed by atoms with Crippen molar-refractivity contribution >= 4 is 5.82 Å². The molecule has 1 N–H and O–H groups in total. The fourth-order valence-corrected chi connectivity index (χ4v) is 3.03. The van der Waals surface area contributed by atoms with Gasteiger partial charge < -0.3 is 5.32 Å². The van der Waals surface area contributed by atoms with E-state index in [2.05, 4.69) is 44.5 Å². The van der Waals surface area contributed by atoms with Crippen molar-refractivity contribution in [1.82, 2.24) is 14.9 Å². The van der Waals surface area contributed by atoms with Gasteiger partial charge in [0, 0.05) is 32.5 Å². The highest BCUT2D eigenvalue weighted by atomic mass is 15.1. The van der Waals surface area contributed by atoms with Crippen LogP contribution in [0, 0.1) is 0 Å². The first-order valence-corrected chi connectivity index (χ1v) is 7.61. The second-order valence-corrected chi connectivity index (χ2v) is 5.62. The fraction of sp³-hybridized carbons (Fsp3) is 0.412. The van der Waals surface area contributed by atoms with E-state index in [1.807, 2.05) is 25.5 Å². The fourth-order valence-electron chi connectivity index (χ4n) is 3.03. The molecule has 1 aliphatic rings. The van der Waals surface area contributed by atoms with Crippen LogP contribution in [-0.4, -0.2) is 35.0 Å². The second kappa shape index (κ2) is 6.68. The first-order valence-electron chi connectivity index (χ1n) is 7.61. The zero-order valence-corrected chi connectivity index (χ0v) is 12.5. The summed E-state index contributed by atoms with van der Waals surface area (Å²) in [5.41, 5.74) is 2.55. The molecule has 1 atom stereocenters. The van der Waals surface area contributed by atoms with Gasteiger partial charge in [0.05, 0.1) is 5.69 Å². The van der Waals surface area contributed by atoms with E-state index < -0.39 is 0 Å². The lowest BCUT2D eigenvalue weighted by Crippen LogP contribution is -2.34. The molecule has 0 aliphatic carbocycles. The van der Waals surface area contributed by atoms with Gasteiger partial charge in [-0.1, -0.05) is 6.07 Å². The van der Waals surface area contributed by atoms with E-state index in [9.17, 15) is 0 Å². The van der Waals surface area contributed by atoms with Crippen LogP contribution in [0.15, 0.2) is 42.7 Å². The quantitative estimate of drug-likeness (QED) is 0.936. The molecule has 1 saturated heterocycles. The molecule has 0 bridgehead atoms. The highest BCUT2D eigenvalue weighted by Gasteiger charge is 2.21. The molecule has 2 aromatic heterocycles. The van der Waals surface area contributed by atoms with Crippen molar-refractivity contribution < 1.29 is 0 Å². The number of nitrogens with one attached hydrogen (secondary N) is 1. The molecular formula is C17H22N4. The Morgan fingerprint density at radius 1 is 1.24 bits per heavy atom. The Morgan fingerprint density at radius 2 is 2.19 bits per heavy atom. The molecule has 1 unspecified atom stereocenters. The third kappa shape index (κ3) is 3.58. The molecule has 110 valence electrons. The summed E-state index contributed by atoms with van der Waals surface area (Å²) in [5, 5.41) is 3.12. The molecule has 4 heteroatoms. The molecule has 0 spiro atoms. The highest BCUT2D eigenvalue weighted by molar-refractivity contribution is 5.38. The van der Waals surface area contributed by atoms with E-state index >= 15 is 0 Å². The van der Waals surface area contributed by atoms with Crippen LogP contribution in [-0.2, 0) is 6.54 Å². The number of nitrogens with zero attached hydrogens (tertiary/aromatic N) is 3. The normalized spacial score (nSPS) is 19.4. The van der Waals surface area contributed by atoms with Gasteiger partial charge in [-0.05, 0) is 55.1 Å². The maximum Gasteiger partial charge on any atom is 0.125 e. The van der Waals surface area contributed by atoms with Gasteiger partial charge in [-0.2, -0.15) is 0 Å². The van der Waals surface area contributed by atoms with Crippen molar-refractivity contribution in [3.8, 4) is 0 Å². The van der Waals surface area contributed by atoms with Crippen LogP contribution in [0.2, 0.25) is 0 Å². The van der Waals surface area contributed by atoms with E-state index in [0.29, 0.717) is 5.92 Å². The molecule has 0 radical (unpaired) electrons. The average Bonchev–Trinajstić information content (AvgIpc) is 2.56. The first kappa shape index (κ1) is 14.0. The number of anilines is 1. The lowest BCUT2D eigenvalue weighted by molar-refractivity contribution is 0.198. The molecule has 1 aliphatic heterocycles. The van der Waals surface area contributed by atoms with Crippen molar-refractivity contribution in [2.45, 2.75) is 25.3 Å². The molecular weight excluding hydrogens is 260 g/mol. The Kier molecular flexibility index (Phi) is 4.46. The predicted molar refractivity (Wildman–Crippen MR) is 85.3 cm³/mol. The summed E-state index contributed by atoms with van der Waals surface area (Å²) in [7, 11) is 1.92. The minimum atomic E-state index is 0.595. The summed E-state index contributed by atoms with van der Waals surface area (Å²) < 4.78 is 0. The summed E-state index contributed by atoms with van der Waals surface area (Å²) in [4.78, 5) is 11.3. The van der Waals surface area contributed by atoms with E-state index in [0.717, 1.165) is 31.1 Å². The number of piperidine rings is 1. The largest absolute Gasteiger partial charge is 0.373 e. The van der Waals surface area contributed by atoms with Crippen molar-refractivity contribution in [3.63, 3.8) is 0 Å². The van der Waals surface area contributed by atoms with Crippen LogP contribution in [0.25, 0.3) is 0 Å². The van der Waals surface area contributed by atoms with Gasteiger partial charge in [-0.15, -0.1) is 0 Å². The van der Waals surface area contributed by atoms with Crippen molar-refractivity contribution in [2.24, 2.45) is 0 Å². The highest BCUT2D eigenvalue weighted by Crippen LogP contribution is 2.28. The van der Waals surface area contributed by atoms with Crippen molar-refractivity contribution in [2.75, 3.05) is 25.5 Å². The van der Waals surface area contributed by atoms with Crippen molar-refractivity contribution in [3.05, 3.63) is 54.0 Å². The van der Waals surface area contributed by atoms with Crippen LogP contribution in [0.4, 0.5) is 5.82 Å². The molecule has 3 rings (SSSR count).